The van der Waals surface area contributed by atoms with E-state index in [0.717, 1.165) is 48.7 Å². The number of thiazole rings is 1. The number of benzene rings is 1. The number of carbonyl (C=O) groups is 1. The van der Waals surface area contributed by atoms with Gasteiger partial charge in [0.05, 0.1) is 33.4 Å². The molecule has 0 bridgehead atoms. The van der Waals surface area contributed by atoms with Gasteiger partial charge in [-0.2, -0.15) is 4.31 Å². The van der Waals surface area contributed by atoms with Crippen LogP contribution < -0.4 is 10.2 Å². The van der Waals surface area contributed by atoms with Gasteiger partial charge in [-0.15, -0.1) is 11.3 Å². The van der Waals surface area contributed by atoms with E-state index in [1.807, 2.05) is 32.2 Å². The molecular formula is C22H32N4O3S2. The molecule has 0 radical (unpaired) electrons. The highest BCUT2D eigenvalue weighted by molar-refractivity contribution is 7.89. The number of piperidine rings is 1. The molecule has 1 aromatic heterocycles. The standard InChI is InChI=1S/C22H32N4O3S2/c1-4-22-23-17(16-30-22)14-21(27)24-19-15-18(31(28,29)26(5-2)6-3)10-11-20(19)25-12-8-7-9-13-25/h10-11,15-16H,4-9,12-14H2,1-3H3,(H,24,27). The first kappa shape index (κ1) is 23.7. The van der Waals surface area contributed by atoms with Gasteiger partial charge in [0.15, 0.2) is 0 Å². The van der Waals surface area contributed by atoms with E-state index in [2.05, 4.69) is 15.2 Å². The van der Waals surface area contributed by atoms with Crippen LogP contribution in [0.25, 0.3) is 0 Å². The van der Waals surface area contributed by atoms with E-state index in [4.69, 9.17) is 0 Å². The van der Waals surface area contributed by atoms with Crippen LogP contribution in [0.5, 0.6) is 0 Å². The van der Waals surface area contributed by atoms with Crippen LogP contribution in [0.2, 0.25) is 0 Å². The molecule has 170 valence electrons. The first-order valence-electron chi connectivity index (χ1n) is 11.0. The van der Waals surface area contributed by atoms with Crippen LogP contribution in [0, 0.1) is 0 Å². The minimum absolute atomic E-state index is 0.170. The molecule has 1 N–H and O–H groups in total. The van der Waals surface area contributed by atoms with Gasteiger partial charge in [0.1, 0.15) is 0 Å². The van der Waals surface area contributed by atoms with Gasteiger partial charge >= 0.3 is 0 Å². The van der Waals surface area contributed by atoms with Gasteiger partial charge in [-0.3, -0.25) is 4.79 Å². The topological polar surface area (TPSA) is 82.6 Å². The Labute approximate surface area is 189 Å². The number of sulfonamides is 1. The lowest BCUT2D eigenvalue weighted by Crippen LogP contribution is -2.32. The summed E-state index contributed by atoms with van der Waals surface area (Å²) in [5.41, 5.74) is 2.16. The summed E-state index contributed by atoms with van der Waals surface area (Å²) in [6.07, 6.45) is 4.38. The fourth-order valence-corrected chi connectivity index (χ4v) is 6.08. The smallest absolute Gasteiger partial charge is 0.243 e. The average Bonchev–Trinajstić information content (AvgIpc) is 3.22. The number of rotatable bonds is 9. The molecule has 1 amide bonds. The SMILES string of the molecule is CCc1nc(CC(=O)Nc2cc(S(=O)(=O)N(CC)CC)ccc2N2CCCCC2)cs1. The van der Waals surface area contributed by atoms with Gasteiger partial charge in [0, 0.05) is 31.6 Å². The van der Waals surface area contributed by atoms with E-state index >= 15 is 0 Å². The predicted octanol–water partition coefficient (Wildman–Crippen LogP) is 3.91. The first-order valence-corrected chi connectivity index (χ1v) is 13.3. The van der Waals surface area contributed by atoms with Crippen LogP contribution in [0.1, 0.15) is 50.7 Å². The number of hydrogen-bond acceptors (Lipinski definition) is 6. The summed E-state index contributed by atoms with van der Waals surface area (Å²) in [5.74, 6) is -0.191. The van der Waals surface area contributed by atoms with Crippen molar-refractivity contribution in [2.24, 2.45) is 0 Å². The summed E-state index contributed by atoms with van der Waals surface area (Å²) >= 11 is 1.55. The normalized spacial score (nSPS) is 14.8. The van der Waals surface area contributed by atoms with Crippen LogP contribution in [-0.4, -0.2) is 49.8 Å². The summed E-state index contributed by atoms with van der Waals surface area (Å²) in [6, 6.07) is 5.09. The van der Waals surface area contributed by atoms with Crippen molar-refractivity contribution in [1.82, 2.24) is 9.29 Å². The summed E-state index contributed by atoms with van der Waals surface area (Å²) in [7, 11) is -3.61. The van der Waals surface area contributed by atoms with Crippen LogP contribution in [-0.2, 0) is 27.7 Å². The second kappa shape index (κ2) is 10.6. The monoisotopic (exact) mass is 464 g/mol. The zero-order chi connectivity index (χ0) is 22.4. The van der Waals surface area contributed by atoms with Crippen LogP contribution in [0.4, 0.5) is 11.4 Å². The van der Waals surface area contributed by atoms with E-state index < -0.39 is 10.0 Å². The van der Waals surface area contributed by atoms with Crippen molar-refractivity contribution in [1.29, 1.82) is 0 Å². The lowest BCUT2D eigenvalue weighted by Gasteiger charge is -2.31. The van der Waals surface area contributed by atoms with Gasteiger partial charge < -0.3 is 10.2 Å². The van der Waals surface area contributed by atoms with Gasteiger partial charge in [0.25, 0.3) is 0 Å². The molecule has 0 unspecified atom stereocenters. The fraction of sp³-hybridized carbons (Fsp3) is 0.545. The number of amides is 1. The van der Waals surface area contributed by atoms with E-state index in [9.17, 15) is 13.2 Å². The molecule has 1 aliphatic heterocycles. The van der Waals surface area contributed by atoms with Gasteiger partial charge in [-0.05, 0) is 43.9 Å². The number of nitrogens with zero attached hydrogens (tertiary/aromatic N) is 3. The molecule has 2 heterocycles. The van der Waals surface area contributed by atoms with Crippen molar-refractivity contribution in [3.8, 4) is 0 Å². The maximum Gasteiger partial charge on any atom is 0.243 e. The van der Waals surface area contributed by atoms with Crippen LogP contribution in [0.3, 0.4) is 0 Å². The van der Waals surface area contributed by atoms with Crippen LogP contribution >= 0.6 is 11.3 Å². The van der Waals surface area contributed by atoms with Crippen molar-refractivity contribution < 1.29 is 13.2 Å². The Hall–Kier alpha value is -1.97. The summed E-state index contributed by atoms with van der Waals surface area (Å²) < 4.78 is 27.5. The molecular weight excluding hydrogens is 432 g/mol. The second-order valence-electron chi connectivity index (χ2n) is 7.63. The molecule has 9 heteroatoms. The van der Waals surface area contributed by atoms with Gasteiger partial charge in [-0.1, -0.05) is 20.8 Å². The summed E-state index contributed by atoms with van der Waals surface area (Å²) in [5, 5.41) is 5.88. The minimum atomic E-state index is -3.61. The molecule has 1 saturated heterocycles. The Morgan fingerprint density at radius 2 is 1.87 bits per heavy atom. The number of carbonyl (C=O) groups excluding carboxylic acids is 1. The third-order valence-electron chi connectivity index (χ3n) is 5.53. The second-order valence-corrected chi connectivity index (χ2v) is 10.5. The first-order chi connectivity index (χ1) is 14.9. The quantitative estimate of drug-likeness (QED) is 0.608. The van der Waals surface area contributed by atoms with Crippen LogP contribution in [0.15, 0.2) is 28.5 Å². The molecule has 2 aromatic rings. The highest BCUT2D eigenvalue weighted by Gasteiger charge is 2.24. The number of hydrogen-bond donors (Lipinski definition) is 1. The predicted molar refractivity (Wildman–Crippen MR) is 126 cm³/mol. The third-order valence-corrected chi connectivity index (χ3v) is 8.61. The molecule has 1 aromatic carbocycles. The largest absolute Gasteiger partial charge is 0.370 e. The Kier molecular flexibility index (Phi) is 8.07. The van der Waals surface area contributed by atoms with E-state index in [1.165, 1.54) is 10.7 Å². The van der Waals surface area contributed by atoms with Crippen molar-refractivity contribution in [2.75, 3.05) is 36.4 Å². The molecule has 7 nitrogen and oxygen atoms in total. The molecule has 0 saturated carbocycles. The highest BCUT2D eigenvalue weighted by atomic mass is 32.2. The zero-order valence-corrected chi connectivity index (χ0v) is 20.2. The highest BCUT2D eigenvalue weighted by Crippen LogP contribution is 2.32. The Morgan fingerprint density at radius 1 is 1.16 bits per heavy atom. The molecule has 0 spiro atoms. The van der Waals surface area contributed by atoms with Gasteiger partial charge in [0.2, 0.25) is 15.9 Å². The minimum Gasteiger partial charge on any atom is -0.370 e. The van der Waals surface area contributed by atoms with Crippen molar-refractivity contribution in [3.05, 3.63) is 34.3 Å². The Balaban J connectivity index is 1.90. The average molecular weight is 465 g/mol. The van der Waals surface area contributed by atoms with E-state index in [-0.39, 0.29) is 17.2 Å². The van der Waals surface area contributed by atoms with Crippen molar-refractivity contribution in [3.63, 3.8) is 0 Å². The van der Waals surface area contributed by atoms with E-state index in [1.54, 1.807) is 23.5 Å². The third kappa shape index (κ3) is 5.64. The number of aryl methyl sites for hydroxylation is 1. The molecule has 1 fully saturated rings. The number of anilines is 2. The Morgan fingerprint density at radius 3 is 2.48 bits per heavy atom. The molecule has 0 atom stereocenters. The van der Waals surface area contributed by atoms with Crippen molar-refractivity contribution in [2.45, 2.75) is 57.8 Å². The molecule has 1 aliphatic rings. The molecule has 3 rings (SSSR count). The van der Waals surface area contributed by atoms with Gasteiger partial charge in [-0.25, -0.2) is 13.4 Å². The summed E-state index contributed by atoms with van der Waals surface area (Å²) in [6.45, 7) is 8.29. The fourth-order valence-electron chi connectivity index (χ4n) is 3.85. The zero-order valence-electron chi connectivity index (χ0n) is 18.6. The Bertz CT molecular complexity index is 994. The lowest BCUT2D eigenvalue weighted by atomic mass is 10.1. The maximum absolute atomic E-state index is 13.0. The maximum atomic E-state index is 13.0. The number of aromatic nitrogens is 1. The molecule has 31 heavy (non-hydrogen) atoms. The van der Waals surface area contributed by atoms with E-state index in [0.29, 0.717) is 18.8 Å². The lowest BCUT2D eigenvalue weighted by molar-refractivity contribution is -0.115. The van der Waals surface area contributed by atoms with Crippen molar-refractivity contribution >= 4 is 38.6 Å². The molecule has 0 aliphatic carbocycles. The summed E-state index contributed by atoms with van der Waals surface area (Å²) in [4.78, 5) is 19.7. The number of nitrogens with one attached hydrogen (secondary N) is 1.